The van der Waals surface area contributed by atoms with E-state index in [0.29, 0.717) is 0 Å². The van der Waals surface area contributed by atoms with E-state index >= 15 is 0 Å². The predicted molar refractivity (Wildman–Crippen MR) is 108 cm³/mol. The first kappa shape index (κ1) is 15.3. The van der Waals surface area contributed by atoms with Crippen molar-refractivity contribution >= 4 is 43.2 Å². The van der Waals surface area contributed by atoms with Crippen LogP contribution in [0.1, 0.15) is 0 Å². The van der Waals surface area contributed by atoms with Crippen LogP contribution >= 0.6 is 23.1 Å². The van der Waals surface area contributed by atoms with Crippen LogP contribution in [0.4, 0.5) is 0 Å². The van der Waals surface area contributed by atoms with Crippen molar-refractivity contribution in [1.29, 1.82) is 0 Å². The molecule has 2 aromatic heterocycles. The van der Waals surface area contributed by atoms with Gasteiger partial charge in [-0.05, 0) is 48.5 Å². The Morgan fingerprint density at radius 3 is 1.31 bits per heavy atom. The molecule has 0 aliphatic carbocycles. The van der Waals surface area contributed by atoms with Crippen molar-refractivity contribution in [2.45, 2.75) is 0 Å². The number of nitrogens with zero attached hydrogens (tertiary/aromatic N) is 2. The van der Waals surface area contributed by atoms with Gasteiger partial charge in [-0.15, -0.1) is 0 Å². The highest BCUT2D eigenvalue weighted by atomic mass is 32.1. The summed E-state index contributed by atoms with van der Waals surface area (Å²) in [5.74, 6) is 0. The smallest absolute Gasteiger partial charge is 0.267 e. The van der Waals surface area contributed by atoms with Crippen LogP contribution in [0.25, 0.3) is 31.5 Å². The van der Waals surface area contributed by atoms with Crippen molar-refractivity contribution in [2.75, 3.05) is 0 Å². The molecule has 0 fully saturated rings. The summed E-state index contributed by atoms with van der Waals surface area (Å²) in [7, 11) is 0. The second kappa shape index (κ2) is 5.79. The summed E-state index contributed by atoms with van der Waals surface area (Å²) in [6, 6.07) is 22.7. The number of benzene rings is 3. The van der Waals surface area contributed by atoms with Gasteiger partial charge in [0.05, 0.1) is 31.5 Å². The lowest BCUT2D eigenvalue weighted by atomic mass is 10.2. The average molecular weight is 376 g/mol. The number of aromatic nitrogens is 2. The van der Waals surface area contributed by atoms with Crippen LogP contribution in [0.5, 0.6) is 0 Å². The van der Waals surface area contributed by atoms with Gasteiger partial charge in [-0.1, -0.05) is 47.3 Å². The van der Waals surface area contributed by atoms with Crippen LogP contribution in [0, 0.1) is 0 Å². The van der Waals surface area contributed by atoms with E-state index in [0.717, 1.165) is 31.5 Å². The Hall–Kier alpha value is -2.96. The molecular formula is C20H12N2O2S2. The molecule has 0 amide bonds. The lowest BCUT2D eigenvalue weighted by Crippen LogP contribution is -2.12. The summed E-state index contributed by atoms with van der Waals surface area (Å²) in [6.07, 6.45) is 0. The van der Waals surface area contributed by atoms with E-state index in [-0.39, 0.29) is 11.1 Å². The van der Waals surface area contributed by atoms with Gasteiger partial charge in [0, 0.05) is 0 Å². The van der Waals surface area contributed by atoms with Gasteiger partial charge < -0.3 is 0 Å². The average Bonchev–Trinajstić information content (AvgIpc) is 3.20. The lowest BCUT2D eigenvalue weighted by molar-refractivity contribution is 1.11. The molecule has 0 N–H and O–H groups in total. The molecule has 0 atom stereocenters. The molecule has 5 rings (SSSR count). The van der Waals surface area contributed by atoms with Gasteiger partial charge in [-0.2, -0.15) is 0 Å². The van der Waals surface area contributed by atoms with E-state index in [1.165, 1.54) is 23.1 Å². The molecule has 26 heavy (non-hydrogen) atoms. The van der Waals surface area contributed by atoms with E-state index in [2.05, 4.69) is 0 Å². The molecule has 5 aromatic rings. The van der Waals surface area contributed by atoms with Crippen LogP contribution in [-0.4, -0.2) is 7.91 Å². The van der Waals surface area contributed by atoms with Crippen LogP contribution in [-0.2, 0) is 0 Å². The SMILES string of the molecule is O=c1c2ccccc2sn1-c1ccc(-n2sc3ccccc3c2=O)cc1. The van der Waals surface area contributed by atoms with Gasteiger partial charge in [0.25, 0.3) is 11.1 Å². The third kappa shape index (κ3) is 2.27. The molecule has 4 nitrogen and oxygen atoms in total. The summed E-state index contributed by atoms with van der Waals surface area (Å²) in [5, 5.41) is 1.45. The second-order valence-corrected chi connectivity index (χ2v) is 7.87. The maximum absolute atomic E-state index is 12.6. The summed E-state index contributed by atoms with van der Waals surface area (Å²) in [6.45, 7) is 0. The summed E-state index contributed by atoms with van der Waals surface area (Å²) in [5.41, 5.74) is 1.57. The zero-order valence-corrected chi connectivity index (χ0v) is 15.1. The summed E-state index contributed by atoms with van der Waals surface area (Å²) < 4.78 is 5.29. The topological polar surface area (TPSA) is 44.0 Å². The zero-order chi connectivity index (χ0) is 17.7. The van der Waals surface area contributed by atoms with Crippen LogP contribution < -0.4 is 11.1 Å². The predicted octanol–water partition coefficient (Wildman–Crippen LogP) is 4.42. The highest BCUT2D eigenvalue weighted by Crippen LogP contribution is 2.23. The number of fused-ring (bicyclic) bond motifs is 2. The minimum Gasteiger partial charge on any atom is -0.267 e. The van der Waals surface area contributed by atoms with Crippen molar-refractivity contribution in [2.24, 2.45) is 0 Å². The Morgan fingerprint density at radius 1 is 0.538 bits per heavy atom. The van der Waals surface area contributed by atoms with E-state index in [4.69, 9.17) is 0 Å². The van der Waals surface area contributed by atoms with Gasteiger partial charge in [-0.3, -0.25) is 9.59 Å². The quantitative estimate of drug-likeness (QED) is 0.458. The minimum absolute atomic E-state index is 0.0163. The number of rotatable bonds is 2. The molecular weight excluding hydrogens is 364 g/mol. The molecule has 126 valence electrons. The van der Waals surface area contributed by atoms with Gasteiger partial charge >= 0.3 is 0 Å². The molecule has 3 aromatic carbocycles. The third-order valence-electron chi connectivity index (χ3n) is 4.30. The molecule has 0 aliphatic rings. The first-order valence-corrected chi connectivity index (χ1v) is 9.60. The Bertz CT molecular complexity index is 1260. The molecule has 0 spiro atoms. The van der Waals surface area contributed by atoms with Crippen LogP contribution in [0.15, 0.2) is 82.4 Å². The molecule has 0 saturated heterocycles. The van der Waals surface area contributed by atoms with Gasteiger partial charge in [0.2, 0.25) is 0 Å². The van der Waals surface area contributed by atoms with E-state index < -0.39 is 0 Å². The molecule has 6 heteroatoms. The zero-order valence-electron chi connectivity index (χ0n) is 13.5. The Balaban J connectivity index is 1.62. The second-order valence-electron chi connectivity index (χ2n) is 5.89. The summed E-state index contributed by atoms with van der Waals surface area (Å²) >= 11 is 2.85. The molecule has 0 unspecified atom stereocenters. The monoisotopic (exact) mass is 376 g/mol. The molecule has 0 aliphatic heterocycles. The van der Waals surface area contributed by atoms with Gasteiger partial charge in [-0.25, -0.2) is 7.91 Å². The van der Waals surface area contributed by atoms with Crippen molar-refractivity contribution in [1.82, 2.24) is 7.91 Å². The Kier molecular flexibility index (Phi) is 3.41. The van der Waals surface area contributed by atoms with Crippen LogP contribution in [0.2, 0.25) is 0 Å². The first-order chi connectivity index (χ1) is 12.7. The van der Waals surface area contributed by atoms with E-state index in [1.54, 1.807) is 7.91 Å². The largest absolute Gasteiger partial charge is 0.273 e. The highest BCUT2D eigenvalue weighted by Gasteiger charge is 2.11. The maximum Gasteiger partial charge on any atom is 0.273 e. The fourth-order valence-corrected chi connectivity index (χ4v) is 5.00. The van der Waals surface area contributed by atoms with Crippen molar-refractivity contribution in [3.05, 3.63) is 93.5 Å². The van der Waals surface area contributed by atoms with E-state index in [9.17, 15) is 9.59 Å². The van der Waals surface area contributed by atoms with Gasteiger partial charge in [0.15, 0.2) is 0 Å². The Morgan fingerprint density at radius 2 is 0.923 bits per heavy atom. The maximum atomic E-state index is 12.6. The number of hydrogen-bond donors (Lipinski definition) is 0. The third-order valence-corrected chi connectivity index (χ3v) is 6.53. The summed E-state index contributed by atoms with van der Waals surface area (Å²) in [4.78, 5) is 25.2. The molecule has 0 bridgehead atoms. The van der Waals surface area contributed by atoms with E-state index in [1.807, 2.05) is 72.8 Å². The first-order valence-electron chi connectivity index (χ1n) is 8.05. The van der Waals surface area contributed by atoms with Crippen molar-refractivity contribution in [3.63, 3.8) is 0 Å². The number of hydrogen-bond acceptors (Lipinski definition) is 4. The minimum atomic E-state index is -0.0163. The van der Waals surface area contributed by atoms with Crippen molar-refractivity contribution in [3.8, 4) is 11.4 Å². The Labute approximate surface area is 156 Å². The fraction of sp³-hybridized carbons (Fsp3) is 0. The molecule has 0 radical (unpaired) electrons. The highest BCUT2D eigenvalue weighted by molar-refractivity contribution is 7.14. The lowest BCUT2D eigenvalue weighted by Gasteiger charge is -2.03. The fourth-order valence-electron chi connectivity index (χ4n) is 3.01. The van der Waals surface area contributed by atoms with Crippen molar-refractivity contribution < 1.29 is 0 Å². The van der Waals surface area contributed by atoms with Gasteiger partial charge in [0.1, 0.15) is 0 Å². The normalized spacial score (nSPS) is 11.4. The molecule has 0 saturated carbocycles. The standard InChI is InChI=1S/C20H12N2O2S2/c23-19-15-5-1-3-7-17(15)25-21(19)13-9-11-14(12-10-13)22-20(24)16-6-2-4-8-18(16)26-22/h1-12H. The molecule has 2 heterocycles. The van der Waals surface area contributed by atoms with Crippen LogP contribution in [0.3, 0.4) is 0 Å².